The van der Waals surface area contributed by atoms with E-state index in [1.165, 1.54) is 12.1 Å². The average molecular weight is 535 g/mol. The van der Waals surface area contributed by atoms with Crippen LogP contribution < -0.4 is 10.6 Å². The summed E-state index contributed by atoms with van der Waals surface area (Å²) in [6.07, 6.45) is -0.163. The van der Waals surface area contributed by atoms with E-state index >= 15 is 0 Å². The molecule has 2 atom stereocenters. The van der Waals surface area contributed by atoms with Gasteiger partial charge in [0, 0.05) is 24.4 Å². The molecule has 2 aromatic carbocycles. The molecule has 1 heterocycles. The van der Waals surface area contributed by atoms with Crippen LogP contribution in [0.1, 0.15) is 41.8 Å². The molecular weight excluding hydrogens is 500 g/mol. The number of alkyl carbamates (subject to hydrolysis) is 1. The van der Waals surface area contributed by atoms with Crippen molar-refractivity contribution in [3.8, 4) is 5.75 Å². The molecule has 3 aromatic rings. The molecule has 3 rings (SSSR count). The van der Waals surface area contributed by atoms with Crippen LogP contribution in [0.5, 0.6) is 5.75 Å². The van der Waals surface area contributed by atoms with E-state index in [4.69, 9.17) is 4.74 Å². The van der Waals surface area contributed by atoms with Crippen LogP contribution >= 0.6 is 0 Å². The number of anilines is 1. The number of aryl methyl sites for hydroxylation is 2. The summed E-state index contributed by atoms with van der Waals surface area (Å²) in [5, 5.41) is 25.0. The lowest BCUT2D eigenvalue weighted by molar-refractivity contribution is -0.144. The first-order chi connectivity index (χ1) is 18.7. The lowest BCUT2D eigenvalue weighted by Crippen LogP contribution is -2.42. The van der Waals surface area contributed by atoms with Gasteiger partial charge in [-0.3, -0.25) is 9.59 Å². The molecule has 1 aromatic heterocycles. The van der Waals surface area contributed by atoms with Gasteiger partial charge < -0.3 is 25.6 Å². The number of carbonyl (C=O) groups excluding carboxylic acids is 2. The quantitative estimate of drug-likeness (QED) is 0.223. The minimum atomic E-state index is -1.12. The summed E-state index contributed by atoms with van der Waals surface area (Å²) in [5.74, 6) is -1.96. The van der Waals surface area contributed by atoms with Gasteiger partial charge in [0.05, 0.1) is 12.0 Å². The van der Waals surface area contributed by atoms with Gasteiger partial charge in [-0.15, -0.1) is 0 Å². The fourth-order valence-corrected chi connectivity index (χ4v) is 4.08. The zero-order valence-electron chi connectivity index (χ0n) is 22.1. The molecule has 0 aliphatic rings. The van der Waals surface area contributed by atoms with E-state index in [2.05, 4.69) is 20.6 Å². The van der Waals surface area contributed by atoms with Gasteiger partial charge in [0.1, 0.15) is 12.4 Å². The van der Waals surface area contributed by atoms with Crippen molar-refractivity contribution in [2.75, 3.05) is 11.9 Å². The molecule has 206 valence electrons. The van der Waals surface area contributed by atoms with Crippen LogP contribution in [0.4, 0.5) is 10.7 Å². The van der Waals surface area contributed by atoms with Crippen molar-refractivity contribution < 1.29 is 29.3 Å². The SMILES string of the molecule is Cc1cc(C)nc(NCCCC(NC(=O)OCc2ccccc2)C(=O)CC(Cc2ccc(O)cc2)C(=O)O)n1. The highest BCUT2D eigenvalue weighted by Crippen LogP contribution is 2.18. The second kappa shape index (κ2) is 14.5. The maximum atomic E-state index is 13.2. The Balaban J connectivity index is 1.63. The Morgan fingerprint density at radius 1 is 0.949 bits per heavy atom. The standard InChI is InChI=1S/C29H34N4O6/c1-19-15-20(2)32-28(31-19)30-14-6-9-25(33-29(38)39-18-22-7-4-3-5-8-22)26(35)17-23(27(36)37)16-21-10-12-24(34)13-11-21/h3-5,7-8,10-13,15,23,25,34H,6,9,14,16-18H2,1-2H3,(H,33,38)(H,36,37)(H,30,31,32). The largest absolute Gasteiger partial charge is 0.508 e. The molecule has 0 spiro atoms. The first-order valence-electron chi connectivity index (χ1n) is 12.8. The number of carboxylic acids is 1. The number of hydrogen-bond donors (Lipinski definition) is 4. The van der Waals surface area contributed by atoms with E-state index < -0.39 is 29.8 Å². The molecule has 0 saturated carbocycles. The molecule has 2 unspecified atom stereocenters. The van der Waals surface area contributed by atoms with Gasteiger partial charge in [0.2, 0.25) is 5.95 Å². The van der Waals surface area contributed by atoms with Gasteiger partial charge in [0.15, 0.2) is 5.78 Å². The topological polar surface area (TPSA) is 151 Å². The number of hydrogen-bond acceptors (Lipinski definition) is 8. The molecule has 4 N–H and O–H groups in total. The molecule has 0 aliphatic carbocycles. The second-order valence-corrected chi connectivity index (χ2v) is 9.38. The molecule has 0 saturated heterocycles. The number of Topliss-reactive ketones (excluding diaryl/α,β-unsaturated/α-hetero) is 1. The Morgan fingerprint density at radius 2 is 1.62 bits per heavy atom. The number of ether oxygens (including phenoxy) is 1. The van der Waals surface area contributed by atoms with E-state index in [1.54, 1.807) is 12.1 Å². The minimum Gasteiger partial charge on any atom is -0.508 e. The highest BCUT2D eigenvalue weighted by atomic mass is 16.5. The second-order valence-electron chi connectivity index (χ2n) is 9.38. The predicted molar refractivity (Wildman–Crippen MR) is 145 cm³/mol. The summed E-state index contributed by atoms with van der Waals surface area (Å²) in [6.45, 7) is 4.23. The Bertz CT molecular complexity index is 1230. The van der Waals surface area contributed by atoms with Crippen LogP contribution in [0, 0.1) is 19.8 Å². The summed E-state index contributed by atoms with van der Waals surface area (Å²) < 4.78 is 5.29. The van der Waals surface area contributed by atoms with E-state index in [9.17, 15) is 24.6 Å². The van der Waals surface area contributed by atoms with Crippen LogP contribution in [0.15, 0.2) is 60.7 Å². The van der Waals surface area contributed by atoms with Crippen LogP contribution in [0.25, 0.3) is 0 Å². The highest BCUT2D eigenvalue weighted by Gasteiger charge is 2.28. The monoisotopic (exact) mass is 534 g/mol. The van der Waals surface area contributed by atoms with Crippen molar-refractivity contribution in [3.63, 3.8) is 0 Å². The lowest BCUT2D eigenvalue weighted by Gasteiger charge is -2.20. The highest BCUT2D eigenvalue weighted by molar-refractivity contribution is 5.90. The maximum absolute atomic E-state index is 13.2. The number of carboxylic acid groups (broad SMARTS) is 1. The normalized spacial score (nSPS) is 12.3. The number of phenols is 1. The summed E-state index contributed by atoms with van der Waals surface area (Å²) in [4.78, 5) is 46.4. The van der Waals surface area contributed by atoms with Gasteiger partial charge in [0.25, 0.3) is 0 Å². The molecule has 39 heavy (non-hydrogen) atoms. The molecule has 0 aliphatic heterocycles. The third-order valence-electron chi connectivity index (χ3n) is 6.04. The van der Waals surface area contributed by atoms with Crippen LogP contribution in [0.2, 0.25) is 0 Å². The molecule has 10 nitrogen and oxygen atoms in total. The van der Waals surface area contributed by atoms with Gasteiger partial charge >= 0.3 is 12.1 Å². The third kappa shape index (κ3) is 10.1. The number of benzene rings is 2. The predicted octanol–water partition coefficient (Wildman–Crippen LogP) is 4.19. The van der Waals surface area contributed by atoms with Crippen LogP contribution in [0.3, 0.4) is 0 Å². The van der Waals surface area contributed by atoms with E-state index in [0.29, 0.717) is 24.5 Å². The Kier molecular flexibility index (Phi) is 10.8. The summed E-state index contributed by atoms with van der Waals surface area (Å²) in [7, 11) is 0. The average Bonchev–Trinajstić information content (AvgIpc) is 2.90. The van der Waals surface area contributed by atoms with E-state index in [1.807, 2.05) is 50.2 Å². The summed E-state index contributed by atoms with van der Waals surface area (Å²) in [5.41, 5.74) is 3.13. The Hall–Kier alpha value is -4.47. The number of aromatic hydroxyl groups is 1. The zero-order chi connectivity index (χ0) is 28.2. The summed E-state index contributed by atoms with van der Waals surface area (Å²) >= 11 is 0. The summed E-state index contributed by atoms with van der Waals surface area (Å²) in [6, 6.07) is 16.2. The number of rotatable bonds is 14. The number of nitrogens with one attached hydrogen (secondary N) is 2. The fraction of sp³-hybridized carbons (Fsp3) is 0.345. The Morgan fingerprint density at radius 3 is 2.26 bits per heavy atom. The van der Waals surface area contributed by atoms with Gasteiger partial charge in [-0.05, 0) is 62.4 Å². The molecule has 0 fully saturated rings. The van der Waals surface area contributed by atoms with Crippen molar-refractivity contribution in [1.82, 2.24) is 15.3 Å². The fourth-order valence-electron chi connectivity index (χ4n) is 4.08. The smallest absolute Gasteiger partial charge is 0.408 e. The lowest BCUT2D eigenvalue weighted by atomic mass is 9.91. The zero-order valence-corrected chi connectivity index (χ0v) is 22.1. The molecule has 0 bridgehead atoms. The van der Waals surface area contributed by atoms with E-state index in [-0.39, 0.29) is 31.6 Å². The van der Waals surface area contributed by atoms with Gasteiger partial charge in [-0.25, -0.2) is 14.8 Å². The third-order valence-corrected chi connectivity index (χ3v) is 6.04. The van der Waals surface area contributed by atoms with Crippen molar-refractivity contribution in [1.29, 1.82) is 0 Å². The van der Waals surface area contributed by atoms with Gasteiger partial charge in [-0.1, -0.05) is 42.5 Å². The van der Waals surface area contributed by atoms with Crippen molar-refractivity contribution in [3.05, 3.63) is 83.2 Å². The number of ketones is 1. The number of aromatic nitrogens is 2. The molecule has 1 amide bonds. The van der Waals surface area contributed by atoms with Crippen molar-refractivity contribution >= 4 is 23.8 Å². The van der Waals surface area contributed by atoms with Crippen molar-refractivity contribution in [2.45, 2.75) is 52.2 Å². The van der Waals surface area contributed by atoms with Crippen molar-refractivity contribution in [2.24, 2.45) is 5.92 Å². The molecular formula is C29H34N4O6. The number of aliphatic carboxylic acids is 1. The first-order valence-corrected chi connectivity index (χ1v) is 12.8. The maximum Gasteiger partial charge on any atom is 0.408 e. The van der Waals surface area contributed by atoms with E-state index in [0.717, 1.165) is 17.0 Å². The van der Waals surface area contributed by atoms with Gasteiger partial charge in [-0.2, -0.15) is 0 Å². The number of amides is 1. The van der Waals surface area contributed by atoms with Crippen LogP contribution in [-0.4, -0.2) is 50.6 Å². The number of carbonyl (C=O) groups is 3. The molecule has 10 heteroatoms. The minimum absolute atomic E-state index is 0.0395. The Labute approximate surface area is 227 Å². The van der Waals surface area contributed by atoms with Crippen LogP contribution in [-0.2, 0) is 27.4 Å². The number of nitrogens with zero attached hydrogens (tertiary/aromatic N) is 2. The molecule has 0 radical (unpaired) electrons. The number of phenolic OH excluding ortho intramolecular Hbond substituents is 1. The first kappa shape index (κ1) is 29.1.